The second-order valence-corrected chi connectivity index (χ2v) is 7.12. The number of piperidine rings is 1. The molecule has 1 unspecified atom stereocenters. The lowest BCUT2D eigenvalue weighted by atomic mass is 9.82. The number of nitrogens with zero attached hydrogens (tertiary/aromatic N) is 2. The van der Waals surface area contributed by atoms with Crippen LogP contribution in [0.3, 0.4) is 0 Å². The van der Waals surface area contributed by atoms with Crippen molar-refractivity contribution in [3.8, 4) is 11.5 Å². The number of phenols is 1. The molecular formula is C21H20N2O3. The van der Waals surface area contributed by atoms with Gasteiger partial charge in [0.1, 0.15) is 11.5 Å². The molecule has 0 saturated carbocycles. The fourth-order valence-corrected chi connectivity index (χ4v) is 4.20. The van der Waals surface area contributed by atoms with Gasteiger partial charge in [0.15, 0.2) is 5.78 Å². The van der Waals surface area contributed by atoms with Gasteiger partial charge in [-0.15, -0.1) is 0 Å². The van der Waals surface area contributed by atoms with E-state index in [9.17, 15) is 9.90 Å². The number of phenolic OH excluding ortho intramolecular Hbond substituents is 1. The van der Waals surface area contributed by atoms with Crippen LogP contribution >= 0.6 is 0 Å². The van der Waals surface area contributed by atoms with Crippen molar-refractivity contribution >= 4 is 11.5 Å². The van der Waals surface area contributed by atoms with Gasteiger partial charge in [0.05, 0.1) is 23.4 Å². The third kappa shape index (κ3) is 2.35. The molecule has 0 aromatic heterocycles. The molecule has 0 bridgehead atoms. The van der Waals surface area contributed by atoms with Crippen LogP contribution in [0.4, 0.5) is 0 Å². The molecule has 2 heterocycles. The van der Waals surface area contributed by atoms with Crippen LogP contribution in [0.5, 0.6) is 11.5 Å². The summed E-state index contributed by atoms with van der Waals surface area (Å²) in [4.78, 5) is 20.1. The number of ketones is 1. The van der Waals surface area contributed by atoms with Crippen LogP contribution in [-0.2, 0) is 0 Å². The number of aromatic hydroxyl groups is 1. The lowest BCUT2D eigenvalue weighted by Crippen LogP contribution is -2.40. The van der Waals surface area contributed by atoms with E-state index in [0.29, 0.717) is 33.7 Å². The Morgan fingerprint density at radius 3 is 2.58 bits per heavy atom. The SMILES string of the molecule is O=C1c2cccc(O)c2C2=NC(CN3CCCCC3)Oc3cccc1c32. The van der Waals surface area contributed by atoms with Crippen LogP contribution < -0.4 is 4.74 Å². The third-order valence-corrected chi connectivity index (χ3v) is 5.43. The van der Waals surface area contributed by atoms with Crippen LogP contribution in [0, 0.1) is 0 Å². The molecule has 1 aliphatic carbocycles. The highest BCUT2D eigenvalue weighted by molar-refractivity contribution is 6.32. The molecule has 0 spiro atoms. The average molecular weight is 348 g/mol. The minimum Gasteiger partial charge on any atom is -0.507 e. The van der Waals surface area contributed by atoms with Gasteiger partial charge in [-0.1, -0.05) is 30.7 Å². The second kappa shape index (κ2) is 5.95. The third-order valence-electron chi connectivity index (χ3n) is 5.43. The standard InChI is InChI=1S/C21H20N2O3/c24-15-8-4-6-13-18(15)20-19-14(21(13)25)7-5-9-16(19)26-17(22-20)12-23-10-2-1-3-11-23/h4-9,17,24H,1-3,10-12H2. The van der Waals surface area contributed by atoms with E-state index < -0.39 is 0 Å². The van der Waals surface area contributed by atoms with Crippen molar-refractivity contribution in [3.05, 3.63) is 58.7 Å². The van der Waals surface area contributed by atoms with Crippen molar-refractivity contribution in [2.45, 2.75) is 25.5 Å². The summed E-state index contributed by atoms with van der Waals surface area (Å²) in [5.74, 6) is 0.676. The Morgan fingerprint density at radius 1 is 1.04 bits per heavy atom. The molecular weight excluding hydrogens is 328 g/mol. The number of fused-ring (bicyclic) bond motifs is 2. The lowest BCUT2D eigenvalue weighted by Gasteiger charge is -2.33. The number of likely N-dealkylation sites (tertiary alicyclic amines) is 1. The number of ether oxygens (including phenoxy) is 1. The minimum absolute atomic E-state index is 0.0914. The van der Waals surface area contributed by atoms with Crippen molar-refractivity contribution in [1.82, 2.24) is 4.90 Å². The first-order valence-corrected chi connectivity index (χ1v) is 9.19. The van der Waals surface area contributed by atoms with Gasteiger partial charge in [-0.25, -0.2) is 4.99 Å². The molecule has 1 N–H and O–H groups in total. The highest BCUT2D eigenvalue weighted by atomic mass is 16.5. The maximum absolute atomic E-state index is 12.9. The largest absolute Gasteiger partial charge is 0.507 e. The molecule has 5 heteroatoms. The summed E-state index contributed by atoms with van der Waals surface area (Å²) < 4.78 is 6.12. The van der Waals surface area contributed by atoms with E-state index in [0.717, 1.165) is 19.6 Å². The number of hydrogen-bond donors (Lipinski definition) is 1. The van der Waals surface area contributed by atoms with Crippen LogP contribution in [0.25, 0.3) is 0 Å². The second-order valence-electron chi connectivity index (χ2n) is 7.12. The van der Waals surface area contributed by atoms with Crippen molar-refractivity contribution in [3.63, 3.8) is 0 Å². The predicted octanol–water partition coefficient (Wildman–Crippen LogP) is 2.98. The Morgan fingerprint density at radius 2 is 1.77 bits per heavy atom. The maximum atomic E-state index is 12.9. The summed E-state index contributed by atoms with van der Waals surface area (Å²) in [5.41, 5.74) is 3.02. The first-order valence-electron chi connectivity index (χ1n) is 9.19. The molecule has 2 aliphatic heterocycles. The molecule has 2 aromatic carbocycles. The Labute approximate surface area is 151 Å². The number of benzene rings is 2. The number of aliphatic imine (C=N–C) groups is 1. The van der Waals surface area contributed by atoms with Gasteiger partial charge in [-0.2, -0.15) is 0 Å². The fraction of sp³-hybridized carbons (Fsp3) is 0.333. The Hall–Kier alpha value is -2.66. The molecule has 1 atom stereocenters. The highest BCUT2D eigenvalue weighted by Crippen LogP contribution is 2.39. The zero-order valence-electron chi connectivity index (χ0n) is 14.4. The highest BCUT2D eigenvalue weighted by Gasteiger charge is 2.36. The number of carbonyl (C=O) groups excluding carboxylic acids is 1. The normalized spacial score (nSPS) is 21.5. The van der Waals surface area contributed by atoms with Gasteiger partial charge in [0.25, 0.3) is 0 Å². The van der Waals surface area contributed by atoms with E-state index in [4.69, 9.17) is 9.73 Å². The number of rotatable bonds is 2. The van der Waals surface area contributed by atoms with Crippen LogP contribution in [-0.4, -0.2) is 47.4 Å². The van der Waals surface area contributed by atoms with E-state index in [1.54, 1.807) is 24.3 Å². The summed E-state index contributed by atoms with van der Waals surface area (Å²) in [6.45, 7) is 2.86. The average Bonchev–Trinajstić information content (AvgIpc) is 2.66. The van der Waals surface area contributed by atoms with Gasteiger partial charge in [0.2, 0.25) is 6.23 Å². The molecule has 5 nitrogen and oxygen atoms in total. The summed E-state index contributed by atoms with van der Waals surface area (Å²) in [7, 11) is 0. The summed E-state index contributed by atoms with van der Waals surface area (Å²) in [6.07, 6.45) is 3.38. The van der Waals surface area contributed by atoms with Gasteiger partial charge >= 0.3 is 0 Å². The van der Waals surface area contributed by atoms with Crippen LogP contribution in [0.2, 0.25) is 0 Å². The Kier molecular flexibility index (Phi) is 3.57. The summed E-state index contributed by atoms with van der Waals surface area (Å²) in [6, 6.07) is 10.6. The number of carbonyl (C=O) groups is 1. The van der Waals surface area contributed by atoms with Crippen molar-refractivity contribution in [2.75, 3.05) is 19.6 Å². The number of hydrogen-bond acceptors (Lipinski definition) is 5. The maximum Gasteiger partial charge on any atom is 0.202 e. The minimum atomic E-state index is -0.327. The van der Waals surface area contributed by atoms with Gasteiger partial charge in [-0.05, 0) is 38.1 Å². The Balaban J connectivity index is 1.62. The first kappa shape index (κ1) is 15.6. The van der Waals surface area contributed by atoms with E-state index in [-0.39, 0.29) is 17.8 Å². The fourth-order valence-electron chi connectivity index (χ4n) is 4.20. The predicted molar refractivity (Wildman–Crippen MR) is 98.3 cm³/mol. The zero-order chi connectivity index (χ0) is 17.7. The molecule has 1 saturated heterocycles. The lowest BCUT2D eigenvalue weighted by molar-refractivity contribution is 0.103. The molecule has 0 amide bonds. The molecule has 0 radical (unpaired) electrons. The molecule has 5 rings (SSSR count). The first-order chi connectivity index (χ1) is 12.7. The van der Waals surface area contributed by atoms with Gasteiger partial charge in [0, 0.05) is 11.1 Å². The molecule has 1 fully saturated rings. The molecule has 3 aliphatic rings. The van der Waals surface area contributed by atoms with E-state index in [2.05, 4.69) is 4.90 Å². The smallest absolute Gasteiger partial charge is 0.202 e. The van der Waals surface area contributed by atoms with E-state index in [1.165, 1.54) is 19.3 Å². The summed E-state index contributed by atoms with van der Waals surface area (Å²) >= 11 is 0. The van der Waals surface area contributed by atoms with Crippen molar-refractivity contribution < 1.29 is 14.6 Å². The van der Waals surface area contributed by atoms with E-state index in [1.807, 2.05) is 12.1 Å². The Bertz CT molecular complexity index is 929. The van der Waals surface area contributed by atoms with Gasteiger partial charge < -0.3 is 9.84 Å². The zero-order valence-corrected chi connectivity index (χ0v) is 14.4. The summed E-state index contributed by atoms with van der Waals surface area (Å²) in [5, 5.41) is 10.4. The monoisotopic (exact) mass is 348 g/mol. The van der Waals surface area contributed by atoms with Crippen LogP contribution in [0.15, 0.2) is 41.4 Å². The molecule has 132 valence electrons. The van der Waals surface area contributed by atoms with Crippen LogP contribution in [0.1, 0.15) is 46.3 Å². The van der Waals surface area contributed by atoms with E-state index >= 15 is 0 Å². The van der Waals surface area contributed by atoms with Crippen molar-refractivity contribution in [2.24, 2.45) is 4.99 Å². The quantitative estimate of drug-likeness (QED) is 0.773. The van der Waals surface area contributed by atoms with Gasteiger partial charge in [-0.3, -0.25) is 9.69 Å². The molecule has 2 aromatic rings. The van der Waals surface area contributed by atoms with Crippen molar-refractivity contribution in [1.29, 1.82) is 0 Å². The topological polar surface area (TPSA) is 62.1 Å². The molecule has 26 heavy (non-hydrogen) atoms.